The number of carbonyl (C=O) groups is 1. The first-order valence-corrected chi connectivity index (χ1v) is 7.74. The topological polar surface area (TPSA) is 163 Å². The molecule has 1 saturated heterocycles. The highest BCUT2D eigenvalue weighted by molar-refractivity contribution is 7.46. The summed E-state index contributed by atoms with van der Waals surface area (Å²) in [6.07, 6.45) is -2.18. The van der Waals surface area contributed by atoms with Gasteiger partial charge in [-0.25, -0.2) is 4.57 Å². The van der Waals surface area contributed by atoms with Crippen LogP contribution >= 0.6 is 7.82 Å². The molecule has 1 aliphatic rings. The van der Waals surface area contributed by atoms with Crippen molar-refractivity contribution in [3.05, 3.63) is 30.1 Å². The Morgan fingerprint density at radius 3 is 2.68 bits per heavy atom. The molecule has 10 nitrogen and oxygen atoms in total. The van der Waals surface area contributed by atoms with Crippen molar-refractivity contribution in [2.75, 3.05) is 6.61 Å². The molecule has 0 unspecified atom stereocenters. The van der Waals surface area contributed by atoms with Crippen LogP contribution in [0, 0.1) is 0 Å². The minimum atomic E-state index is -4.72. The smallest absolute Gasteiger partial charge is 0.387 e. The maximum absolute atomic E-state index is 11.1. The number of primary amides is 1. The predicted molar refractivity (Wildman–Crippen MR) is 69.1 cm³/mol. The molecule has 4 atom stereocenters. The molecule has 1 aromatic heterocycles. The summed E-state index contributed by atoms with van der Waals surface area (Å²) in [7, 11) is -4.72. The molecule has 0 aromatic carbocycles. The van der Waals surface area contributed by atoms with E-state index >= 15 is 0 Å². The molecule has 2 rings (SSSR count). The summed E-state index contributed by atoms with van der Waals surface area (Å²) in [5.74, 6) is -0.677. The van der Waals surface area contributed by atoms with Gasteiger partial charge in [-0.15, -0.1) is 0 Å². The number of hydrogen-bond acceptors (Lipinski definition) is 6. The van der Waals surface area contributed by atoms with Crippen LogP contribution in [0.2, 0.25) is 0 Å². The van der Waals surface area contributed by atoms with E-state index in [2.05, 4.69) is 4.52 Å². The molecule has 122 valence electrons. The second-order valence-corrected chi connectivity index (χ2v) is 5.98. The zero-order valence-corrected chi connectivity index (χ0v) is 12.1. The fourth-order valence-corrected chi connectivity index (χ4v) is 2.42. The molecule has 0 spiro atoms. The van der Waals surface area contributed by atoms with Gasteiger partial charge in [0.05, 0.1) is 6.61 Å². The lowest BCUT2D eigenvalue weighted by Crippen LogP contribution is -2.46. The number of ether oxygens (including phenoxy) is 1. The molecule has 0 aliphatic carbocycles. The number of amides is 1. The number of rotatable bonds is 5. The van der Waals surface area contributed by atoms with E-state index in [1.54, 1.807) is 0 Å². The van der Waals surface area contributed by atoms with Crippen molar-refractivity contribution in [3.8, 4) is 0 Å². The van der Waals surface area contributed by atoms with Crippen LogP contribution in [0.1, 0.15) is 16.6 Å². The monoisotopic (exact) mass is 335 g/mol. The fraction of sp³-hybridized carbons (Fsp3) is 0.455. The Labute approximate surface area is 124 Å². The summed E-state index contributed by atoms with van der Waals surface area (Å²) in [6.45, 7) is -0.602. The number of phosphoric ester groups is 1. The summed E-state index contributed by atoms with van der Waals surface area (Å²) >= 11 is 0. The number of phosphoric acid groups is 1. The highest BCUT2D eigenvalue weighted by Gasteiger charge is 2.48. The second-order valence-electron chi connectivity index (χ2n) is 4.74. The first-order chi connectivity index (χ1) is 10.2. The van der Waals surface area contributed by atoms with Gasteiger partial charge in [0.1, 0.15) is 17.8 Å². The Bertz CT molecular complexity index is 606. The summed E-state index contributed by atoms with van der Waals surface area (Å²) in [6, 6.07) is 2.97. The van der Waals surface area contributed by atoms with Gasteiger partial charge in [0.2, 0.25) is 0 Å². The Morgan fingerprint density at radius 1 is 1.41 bits per heavy atom. The van der Waals surface area contributed by atoms with Crippen molar-refractivity contribution in [2.24, 2.45) is 5.73 Å². The maximum atomic E-state index is 11.1. The number of hydrogen-bond donors (Lipinski definition) is 5. The Balaban J connectivity index is 2.14. The first kappa shape index (κ1) is 17.0. The van der Waals surface area contributed by atoms with Crippen LogP contribution in [-0.4, -0.2) is 50.8 Å². The van der Waals surface area contributed by atoms with E-state index in [1.165, 1.54) is 29.1 Å². The highest BCUT2D eigenvalue weighted by atomic mass is 31.2. The minimum absolute atomic E-state index is 0.169. The molecule has 0 saturated carbocycles. The SMILES string of the molecule is NC(=O)c1ccc[n+]([C@@H]2O[C@@H](COP(=O)(O)O)[C@H](O)[C@H]2O)c1. The third-order valence-corrected chi connectivity index (χ3v) is 3.63. The lowest BCUT2D eigenvalue weighted by atomic mass is 10.1. The first-order valence-electron chi connectivity index (χ1n) is 6.21. The van der Waals surface area contributed by atoms with Gasteiger partial charge in [-0.1, -0.05) is 0 Å². The second kappa shape index (κ2) is 6.39. The van der Waals surface area contributed by atoms with Gasteiger partial charge in [0.15, 0.2) is 18.5 Å². The van der Waals surface area contributed by atoms with Gasteiger partial charge in [0, 0.05) is 6.07 Å². The fourth-order valence-electron chi connectivity index (χ4n) is 2.08. The van der Waals surface area contributed by atoms with E-state index in [0.717, 1.165) is 0 Å². The average Bonchev–Trinajstić information content (AvgIpc) is 2.72. The quantitative estimate of drug-likeness (QED) is 0.299. The number of carbonyl (C=O) groups excluding carboxylic acids is 1. The molecule has 1 fully saturated rings. The lowest BCUT2D eigenvalue weighted by Gasteiger charge is -2.13. The highest BCUT2D eigenvalue weighted by Crippen LogP contribution is 2.37. The molecule has 2 heterocycles. The number of aromatic nitrogens is 1. The van der Waals surface area contributed by atoms with Crippen LogP contribution in [0.5, 0.6) is 0 Å². The van der Waals surface area contributed by atoms with E-state index in [9.17, 15) is 19.6 Å². The molecule has 1 aromatic rings. The van der Waals surface area contributed by atoms with Gasteiger partial charge < -0.3 is 30.5 Å². The van der Waals surface area contributed by atoms with Crippen molar-refractivity contribution >= 4 is 13.7 Å². The lowest BCUT2D eigenvalue weighted by molar-refractivity contribution is -0.765. The number of nitrogens with two attached hydrogens (primary N) is 1. The Kier molecular flexibility index (Phi) is 4.93. The van der Waals surface area contributed by atoms with Gasteiger partial charge in [-0.3, -0.25) is 9.32 Å². The third kappa shape index (κ3) is 3.87. The standard InChI is InChI=1S/C11H15N2O8P/c12-10(16)6-2-1-3-13(4-6)11-9(15)8(14)7(21-11)5-20-22(17,18)19/h1-4,7-9,11,14-15H,5H2,(H3-,12,16,17,18,19)/p+1/t7-,8-,9+,11+/m0/s1. The molecular weight excluding hydrogens is 319 g/mol. The van der Waals surface area contributed by atoms with Crippen LogP contribution < -0.4 is 10.3 Å². The molecule has 22 heavy (non-hydrogen) atoms. The van der Waals surface area contributed by atoms with Gasteiger partial charge in [-0.05, 0) is 6.07 Å². The number of pyridine rings is 1. The summed E-state index contributed by atoms with van der Waals surface area (Å²) < 4.78 is 21.6. The van der Waals surface area contributed by atoms with Crippen LogP contribution in [-0.2, 0) is 13.8 Å². The van der Waals surface area contributed by atoms with E-state index in [0.29, 0.717) is 0 Å². The molecular formula is C11H16N2O8P+. The third-order valence-electron chi connectivity index (χ3n) is 3.14. The van der Waals surface area contributed by atoms with E-state index < -0.39 is 44.9 Å². The van der Waals surface area contributed by atoms with Gasteiger partial charge >= 0.3 is 7.82 Å². The van der Waals surface area contributed by atoms with Crippen molar-refractivity contribution in [2.45, 2.75) is 24.5 Å². The molecule has 1 amide bonds. The molecule has 0 bridgehead atoms. The largest absolute Gasteiger partial charge is 0.469 e. The maximum Gasteiger partial charge on any atom is 0.469 e. The number of aliphatic hydroxyl groups is 2. The van der Waals surface area contributed by atoms with Crippen molar-refractivity contribution < 1.29 is 43.2 Å². The normalized spacial score (nSPS) is 28.7. The van der Waals surface area contributed by atoms with Crippen molar-refractivity contribution in [1.82, 2.24) is 0 Å². The number of nitrogens with zero attached hydrogens (tertiary/aromatic N) is 1. The van der Waals surface area contributed by atoms with Crippen LogP contribution in [0.15, 0.2) is 24.5 Å². The van der Waals surface area contributed by atoms with Crippen LogP contribution in [0.25, 0.3) is 0 Å². The van der Waals surface area contributed by atoms with Gasteiger partial charge in [0.25, 0.3) is 12.1 Å². The molecule has 0 radical (unpaired) electrons. The summed E-state index contributed by atoms with van der Waals surface area (Å²) in [5, 5.41) is 19.8. The average molecular weight is 335 g/mol. The molecule has 1 aliphatic heterocycles. The van der Waals surface area contributed by atoms with E-state index in [1.807, 2.05) is 0 Å². The zero-order chi connectivity index (χ0) is 16.5. The Hall–Kier alpha value is -1.39. The minimum Gasteiger partial charge on any atom is -0.387 e. The summed E-state index contributed by atoms with van der Waals surface area (Å²) in [5.41, 5.74) is 5.32. The molecule has 11 heteroatoms. The number of aliphatic hydroxyl groups excluding tert-OH is 2. The van der Waals surface area contributed by atoms with Gasteiger partial charge in [-0.2, -0.15) is 4.57 Å². The zero-order valence-electron chi connectivity index (χ0n) is 11.2. The van der Waals surface area contributed by atoms with E-state index in [-0.39, 0.29) is 5.56 Å². The van der Waals surface area contributed by atoms with Crippen molar-refractivity contribution in [3.63, 3.8) is 0 Å². The summed E-state index contributed by atoms with van der Waals surface area (Å²) in [4.78, 5) is 28.4. The van der Waals surface area contributed by atoms with Crippen molar-refractivity contribution in [1.29, 1.82) is 0 Å². The van der Waals surface area contributed by atoms with Crippen LogP contribution in [0.4, 0.5) is 0 Å². The van der Waals surface area contributed by atoms with E-state index in [4.69, 9.17) is 20.3 Å². The molecule has 6 N–H and O–H groups in total. The van der Waals surface area contributed by atoms with Crippen LogP contribution in [0.3, 0.4) is 0 Å². The Morgan fingerprint density at radius 2 is 2.09 bits per heavy atom. The predicted octanol–water partition coefficient (Wildman–Crippen LogP) is -2.20.